The van der Waals surface area contributed by atoms with Gasteiger partial charge >= 0.3 is 5.69 Å². The number of aryl methyl sites for hydroxylation is 1. The summed E-state index contributed by atoms with van der Waals surface area (Å²) in [6, 6.07) is 16.1. The molecule has 2 heterocycles. The third kappa shape index (κ3) is 4.91. The number of H-pyrrole nitrogens is 1. The molecule has 0 radical (unpaired) electrons. The number of nitrogen functional groups attached to an aromatic ring is 1. The number of aromatic nitrogens is 4. The number of rotatable bonds is 7. The van der Waals surface area contributed by atoms with Crippen LogP contribution in [0.15, 0.2) is 68.7 Å². The second-order valence-electron chi connectivity index (χ2n) is 7.54. The lowest BCUT2D eigenvalue weighted by molar-refractivity contribution is -0.118. The normalized spacial score (nSPS) is 10.9. The molecule has 3 N–H and O–H groups in total. The fraction of sp³-hybridized carbons (Fsp3) is 0.174. The molecule has 0 spiro atoms. The quantitative estimate of drug-likeness (QED) is 0.414. The highest BCUT2D eigenvalue weighted by molar-refractivity contribution is 6.30. The van der Waals surface area contributed by atoms with Crippen molar-refractivity contribution in [1.29, 1.82) is 0 Å². The summed E-state index contributed by atoms with van der Waals surface area (Å²) in [6.45, 7) is 0.146. The van der Waals surface area contributed by atoms with E-state index < -0.39 is 17.2 Å². The first-order valence-corrected chi connectivity index (χ1v) is 10.7. The maximum Gasteiger partial charge on any atom is 0.330 e. The van der Waals surface area contributed by atoms with Crippen LogP contribution in [0.1, 0.15) is 17.9 Å². The zero-order chi connectivity index (χ0) is 24.2. The minimum Gasteiger partial charge on any atom is -0.383 e. The molecule has 0 aliphatic heterocycles. The van der Waals surface area contributed by atoms with Crippen molar-refractivity contribution in [2.75, 3.05) is 17.7 Å². The first-order chi connectivity index (χ1) is 16.3. The van der Waals surface area contributed by atoms with E-state index in [0.717, 1.165) is 16.0 Å². The van der Waals surface area contributed by atoms with Crippen molar-refractivity contribution >= 4 is 29.0 Å². The van der Waals surface area contributed by atoms with Gasteiger partial charge in [0, 0.05) is 30.5 Å². The third-order valence-corrected chi connectivity index (χ3v) is 5.48. The molecule has 34 heavy (non-hydrogen) atoms. The molecule has 0 aliphatic carbocycles. The Hall–Kier alpha value is -4.18. The Kier molecular flexibility index (Phi) is 6.60. The summed E-state index contributed by atoms with van der Waals surface area (Å²) in [6.07, 6.45) is 0.140. The van der Waals surface area contributed by atoms with Crippen LogP contribution in [0.5, 0.6) is 0 Å². The van der Waals surface area contributed by atoms with Gasteiger partial charge in [0.25, 0.3) is 5.56 Å². The Morgan fingerprint density at radius 3 is 2.56 bits per heavy atom. The van der Waals surface area contributed by atoms with Crippen LogP contribution < -0.4 is 21.9 Å². The minimum absolute atomic E-state index is 0.0184. The molecule has 4 rings (SSSR count). The molecule has 0 bridgehead atoms. The number of carbonyl (C=O) groups is 1. The van der Waals surface area contributed by atoms with Crippen LogP contribution >= 0.6 is 11.6 Å². The zero-order valence-corrected chi connectivity index (χ0v) is 19.0. The lowest BCUT2D eigenvalue weighted by Gasteiger charge is -2.20. The molecular weight excluding hydrogens is 460 g/mol. The number of amides is 1. The Labute approximate surface area is 198 Å². The van der Waals surface area contributed by atoms with Gasteiger partial charge in [-0.1, -0.05) is 47.1 Å². The van der Waals surface area contributed by atoms with E-state index in [2.05, 4.69) is 15.1 Å². The number of benzene rings is 2. The van der Waals surface area contributed by atoms with Gasteiger partial charge in [0.05, 0.1) is 6.54 Å². The first kappa shape index (κ1) is 23.0. The van der Waals surface area contributed by atoms with Crippen LogP contribution in [-0.4, -0.2) is 32.6 Å². The molecular formula is C23H21ClN6O4. The monoisotopic (exact) mass is 480 g/mol. The van der Waals surface area contributed by atoms with Gasteiger partial charge in [0.1, 0.15) is 5.82 Å². The molecule has 0 atom stereocenters. The fourth-order valence-corrected chi connectivity index (χ4v) is 3.53. The van der Waals surface area contributed by atoms with Crippen LogP contribution in [0.3, 0.4) is 0 Å². The van der Waals surface area contributed by atoms with Crippen LogP contribution in [0.4, 0.5) is 11.5 Å². The predicted molar refractivity (Wildman–Crippen MR) is 128 cm³/mol. The smallest absolute Gasteiger partial charge is 0.330 e. The van der Waals surface area contributed by atoms with Crippen LogP contribution in [0.2, 0.25) is 5.02 Å². The maximum absolute atomic E-state index is 12.8. The molecule has 10 nitrogen and oxygen atoms in total. The number of anilines is 2. The number of carbonyl (C=O) groups excluding carboxylic acids is 1. The molecule has 11 heteroatoms. The number of hydrogen-bond donors (Lipinski definition) is 2. The summed E-state index contributed by atoms with van der Waals surface area (Å²) < 4.78 is 6.45. The molecule has 1 amide bonds. The van der Waals surface area contributed by atoms with E-state index in [9.17, 15) is 14.4 Å². The highest BCUT2D eigenvalue weighted by atomic mass is 35.5. The maximum atomic E-state index is 12.8. The van der Waals surface area contributed by atoms with Gasteiger partial charge in [0.2, 0.25) is 17.6 Å². The Balaban J connectivity index is 1.49. The van der Waals surface area contributed by atoms with Crippen molar-refractivity contribution in [3.05, 3.63) is 91.9 Å². The van der Waals surface area contributed by atoms with Crippen molar-refractivity contribution in [3.8, 4) is 11.4 Å². The van der Waals surface area contributed by atoms with Crippen LogP contribution in [0, 0.1) is 0 Å². The summed E-state index contributed by atoms with van der Waals surface area (Å²) in [5.74, 6) is 0.133. The lowest BCUT2D eigenvalue weighted by atomic mass is 10.2. The third-order valence-electron chi connectivity index (χ3n) is 5.23. The largest absolute Gasteiger partial charge is 0.383 e. The van der Waals surface area contributed by atoms with Crippen LogP contribution in [-0.2, 0) is 17.8 Å². The highest BCUT2D eigenvalue weighted by Gasteiger charge is 2.22. The second kappa shape index (κ2) is 9.75. The molecule has 0 unspecified atom stereocenters. The van der Waals surface area contributed by atoms with Gasteiger partial charge in [-0.15, -0.1) is 0 Å². The Bertz CT molecular complexity index is 1430. The second-order valence-corrected chi connectivity index (χ2v) is 7.97. The van der Waals surface area contributed by atoms with Gasteiger partial charge < -0.3 is 15.2 Å². The van der Waals surface area contributed by atoms with Gasteiger partial charge in [-0.25, -0.2) is 4.79 Å². The molecule has 0 fully saturated rings. The Morgan fingerprint density at radius 2 is 1.85 bits per heavy atom. The van der Waals surface area contributed by atoms with E-state index >= 15 is 0 Å². The van der Waals surface area contributed by atoms with Crippen molar-refractivity contribution in [2.45, 2.75) is 19.4 Å². The SMILES string of the molecule is CN(C(=O)CCc1nc(-c2ccc(Cl)cc2)no1)c1c(N)n(Cc2ccccc2)c(=O)[nH]c1=O. The molecule has 0 aliphatic rings. The van der Waals surface area contributed by atoms with E-state index in [1.807, 2.05) is 30.3 Å². The van der Waals surface area contributed by atoms with Gasteiger partial charge in [-0.05, 0) is 29.8 Å². The van der Waals surface area contributed by atoms with Crippen molar-refractivity contribution < 1.29 is 9.32 Å². The van der Waals surface area contributed by atoms with Crippen molar-refractivity contribution in [2.24, 2.45) is 0 Å². The number of nitrogens with one attached hydrogen (secondary N) is 1. The molecule has 0 saturated heterocycles. The summed E-state index contributed by atoms with van der Waals surface area (Å²) in [4.78, 5) is 45.3. The van der Waals surface area contributed by atoms with Gasteiger partial charge in [-0.2, -0.15) is 4.98 Å². The van der Waals surface area contributed by atoms with E-state index in [0.29, 0.717) is 10.8 Å². The van der Waals surface area contributed by atoms with Crippen molar-refractivity contribution in [1.82, 2.24) is 19.7 Å². The number of hydrogen-bond acceptors (Lipinski definition) is 7. The Morgan fingerprint density at radius 1 is 1.15 bits per heavy atom. The molecule has 2 aromatic carbocycles. The molecule has 174 valence electrons. The summed E-state index contributed by atoms with van der Waals surface area (Å²) in [5.41, 5.74) is 6.19. The van der Waals surface area contributed by atoms with Crippen molar-refractivity contribution in [3.63, 3.8) is 0 Å². The average Bonchev–Trinajstić information content (AvgIpc) is 3.30. The predicted octanol–water partition coefficient (Wildman–Crippen LogP) is 2.47. The number of halogens is 1. The van der Waals surface area contributed by atoms with Gasteiger partial charge in [-0.3, -0.25) is 19.1 Å². The van der Waals surface area contributed by atoms with E-state index in [-0.39, 0.29) is 36.8 Å². The minimum atomic E-state index is -0.745. The number of aromatic amines is 1. The summed E-state index contributed by atoms with van der Waals surface area (Å²) in [7, 11) is 1.42. The number of nitrogens with two attached hydrogens (primary N) is 1. The molecule has 2 aromatic heterocycles. The van der Waals surface area contributed by atoms with Crippen LogP contribution in [0.25, 0.3) is 11.4 Å². The molecule has 4 aromatic rings. The standard InChI is InChI=1S/C23H21ClN6O4/c1-29(18(31)12-11-17-26-21(28-34-17)15-7-9-16(24)10-8-15)19-20(25)30(23(33)27-22(19)32)13-14-5-3-2-4-6-14/h2-10H,11-13,25H2,1H3,(H,27,32,33). The zero-order valence-electron chi connectivity index (χ0n) is 18.2. The van der Waals surface area contributed by atoms with E-state index in [4.69, 9.17) is 21.9 Å². The van der Waals surface area contributed by atoms with Gasteiger partial charge in [0.15, 0.2) is 5.69 Å². The molecule has 0 saturated carbocycles. The topological polar surface area (TPSA) is 140 Å². The number of nitrogens with zero attached hydrogens (tertiary/aromatic N) is 4. The van der Waals surface area contributed by atoms with E-state index in [1.165, 1.54) is 11.6 Å². The first-order valence-electron chi connectivity index (χ1n) is 10.3. The fourth-order valence-electron chi connectivity index (χ4n) is 3.40. The average molecular weight is 481 g/mol. The summed E-state index contributed by atoms with van der Waals surface area (Å²) in [5, 5.41) is 4.51. The van der Waals surface area contributed by atoms with E-state index in [1.54, 1.807) is 24.3 Å². The lowest BCUT2D eigenvalue weighted by Crippen LogP contribution is -2.39. The summed E-state index contributed by atoms with van der Waals surface area (Å²) >= 11 is 5.89. The highest BCUT2D eigenvalue weighted by Crippen LogP contribution is 2.20.